The number of nitrogens with zero attached hydrogens (tertiary/aromatic N) is 1. The molecule has 0 aliphatic carbocycles. The Hall–Kier alpha value is -1.55. The first-order chi connectivity index (χ1) is 6.70. The number of aromatic nitrogens is 1. The van der Waals surface area contributed by atoms with Gasteiger partial charge in [-0.3, -0.25) is 4.79 Å². The van der Waals surface area contributed by atoms with E-state index in [1.54, 1.807) is 18.2 Å². The predicted octanol–water partition coefficient (Wildman–Crippen LogP) is 1.83. The summed E-state index contributed by atoms with van der Waals surface area (Å²) >= 11 is 5.42. The lowest BCUT2D eigenvalue weighted by molar-refractivity contribution is 0.102. The maximum Gasteiger partial charge on any atom is 0.292 e. The number of Topliss-reactive ketones (excluding diaryl/α,β-unsaturated/α-hetero) is 1. The van der Waals surface area contributed by atoms with Gasteiger partial charge in [0.1, 0.15) is 5.52 Å². The number of halogens is 1. The topological polar surface area (TPSA) is 69.1 Å². The SMILES string of the molecule is Nc1nc2cc(C(=O)CCl)ccc2o1. The van der Waals surface area contributed by atoms with Gasteiger partial charge in [0.25, 0.3) is 6.01 Å². The molecule has 72 valence electrons. The summed E-state index contributed by atoms with van der Waals surface area (Å²) in [6.45, 7) is 0. The number of nitrogen functional groups attached to an aromatic ring is 1. The van der Waals surface area contributed by atoms with E-state index in [1.165, 1.54) is 0 Å². The number of carbonyl (C=O) groups excluding carboxylic acids is 1. The number of anilines is 1. The molecule has 1 heterocycles. The van der Waals surface area contributed by atoms with Gasteiger partial charge in [-0.2, -0.15) is 4.98 Å². The Kier molecular flexibility index (Phi) is 2.13. The first-order valence-corrected chi connectivity index (χ1v) is 4.49. The largest absolute Gasteiger partial charge is 0.424 e. The third-order valence-electron chi connectivity index (χ3n) is 1.85. The maximum atomic E-state index is 11.2. The fourth-order valence-electron chi connectivity index (χ4n) is 1.20. The molecule has 0 saturated carbocycles. The van der Waals surface area contributed by atoms with Gasteiger partial charge in [-0.1, -0.05) is 0 Å². The van der Waals surface area contributed by atoms with Crippen molar-refractivity contribution in [3.05, 3.63) is 23.8 Å². The summed E-state index contributed by atoms with van der Waals surface area (Å²) in [5.74, 6) is -0.186. The van der Waals surface area contributed by atoms with Crippen LogP contribution in [0.2, 0.25) is 0 Å². The van der Waals surface area contributed by atoms with Gasteiger partial charge in [-0.05, 0) is 18.2 Å². The molecule has 0 unspecified atom stereocenters. The smallest absolute Gasteiger partial charge is 0.292 e. The van der Waals surface area contributed by atoms with Crippen LogP contribution in [0.5, 0.6) is 0 Å². The minimum Gasteiger partial charge on any atom is -0.424 e. The van der Waals surface area contributed by atoms with Crippen molar-refractivity contribution in [2.75, 3.05) is 11.6 Å². The molecule has 0 atom stereocenters. The predicted molar refractivity (Wildman–Crippen MR) is 53.5 cm³/mol. The van der Waals surface area contributed by atoms with Gasteiger partial charge >= 0.3 is 0 Å². The van der Waals surface area contributed by atoms with Crippen LogP contribution in [0.4, 0.5) is 6.01 Å². The van der Waals surface area contributed by atoms with Crippen molar-refractivity contribution >= 4 is 34.5 Å². The summed E-state index contributed by atoms with van der Waals surface area (Å²) in [7, 11) is 0. The van der Waals surface area contributed by atoms with E-state index in [1.807, 2.05) is 0 Å². The standard InChI is InChI=1S/C9H7ClN2O2/c10-4-7(13)5-1-2-8-6(3-5)12-9(11)14-8/h1-3H,4H2,(H2,11,12). The van der Waals surface area contributed by atoms with Crippen LogP contribution in [0.15, 0.2) is 22.6 Å². The van der Waals surface area contributed by atoms with Crippen molar-refractivity contribution in [3.8, 4) is 0 Å². The van der Waals surface area contributed by atoms with Crippen molar-refractivity contribution in [1.82, 2.24) is 4.98 Å². The van der Waals surface area contributed by atoms with Crippen molar-refractivity contribution in [3.63, 3.8) is 0 Å². The number of hydrogen-bond donors (Lipinski definition) is 1. The number of ketones is 1. The Morgan fingerprint density at radius 3 is 3.07 bits per heavy atom. The molecule has 0 bridgehead atoms. The van der Waals surface area contributed by atoms with E-state index in [9.17, 15) is 4.79 Å². The normalized spacial score (nSPS) is 10.6. The number of oxazole rings is 1. The van der Waals surface area contributed by atoms with Gasteiger partial charge in [0, 0.05) is 5.56 Å². The molecule has 14 heavy (non-hydrogen) atoms. The molecule has 0 saturated heterocycles. The Balaban J connectivity index is 2.55. The fourth-order valence-corrected chi connectivity index (χ4v) is 1.35. The quantitative estimate of drug-likeness (QED) is 0.607. The molecule has 0 fully saturated rings. The minimum atomic E-state index is -0.143. The van der Waals surface area contributed by atoms with Crippen molar-refractivity contribution in [2.24, 2.45) is 0 Å². The fraction of sp³-hybridized carbons (Fsp3) is 0.111. The number of hydrogen-bond acceptors (Lipinski definition) is 4. The first kappa shape index (κ1) is 9.02. The van der Waals surface area contributed by atoms with Crippen molar-refractivity contribution in [2.45, 2.75) is 0 Å². The molecule has 4 nitrogen and oxygen atoms in total. The van der Waals surface area contributed by atoms with Crippen molar-refractivity contribution < 1.29 is 9.21 Å². The molecule has 5 heteroatoms. The lowest BCUT2D eigenvalue weighted by atomic mass is 10.1. The molecule has 2 aromatic rings. The van der Waals surface area contributed by atoms with Gasteiger partial charge in [-0.15, -0.1) is 11.6 Å². The Morgan fingerprint density at radius 2 is 2.36 bits per heavy atom. The molecule has 2 rings (SSSR count). The average molecular weight is 211 g/mol. The molecule has 0 aliphatic heterocycles. The Morgan fingerprint density at radius 1 is 1.57 bits per heavy atom. The number of carbonyl (C=O) groups is 1. The average Bonchev–Trinajstić information content (AvgIpc) is 2.55. The lowest BCUT2D eigenvalue weighted by Gasteiger charge is -1.94. The second-order valence-electron chi connectivity index (χ2n) is 2.79. The summed E-state index contributed by atoms with van der Waals surface area (Å²) in [6, 6.07) is 4.99. The second kappa shape index (κ2) is 3.31. The van der Waals surface area contributed by atoms with Crippen LogP contribution < -0.4 is 5.73 Å². The molecule has 0 spiro atoms. The van der Waals surface area contributed by atoms with E-state index in [2.05, 4.69) is 4.98 Å². The van der Waals surface area contributed by atoms with Crippen LogP contribution >= 0.6 is 11.6 Å². The van der Waals surface area contributed by atoms with E-state index in [-0.39, 0.29) is 17.7 Å². The zero-order chi connectivity index (χ0) is 10.1. The molecule has 2 N–H and O–H groups in total. The molecular weight excluding hydrogens is 204 g/mol. The molecule has 1 aromatic heterocycles. The number of benzene rings is 1. The monoisotopic (exact) mass is 210 g/mol. The van der Waals surface area contributed by atoms with Crippen molar-refractivity contribution in [1.29, 1.82) is 0 Å². The number of rotatable bonds is 2. The summed E-state index contributed by atoms with van der Waals surface area (Å²) in [4.78, 5) is 15.1. The van der Waals surface area contributed by atoms with Gasteiger partial charge in [-0.25, -0.2) is 0 Å². The third kappa shape index (κ3) is 1.44. The van der Waals surface area contributed by atoms with Crippen LogP contribution in [0, 0.1) is 0 Å². The third-order valence-corrected chi connectivity index (χ3v) is 2.09. The van der Waals surface area contributed by atoms with Gasteiger partial charge < -0.3 is 10.2 Å². The number of fused-ring (bicyclic) bond motifs is 1. The van der Waals surface area contributed by atoms with E-state index >= 15 is 0 Å². The minimum absolute atomic E-state index is 0.0428. The molecular formula is C9H7ClN2O2. The summed E-state index contributed by atoms with van der Waals surface area (Å²) in [5, 5.41) is 0. The van der Waals surface area contributed by atoms with Crippen LogP contribution in [-0.2, 0) is 0 Å². The highest BCUT2D eigenvalue weighted by molar-refractivity contribution is 6.30. The molecule has 1 aromatic carbocycles. The highest BCUT2D eigenvalue weighted by Gasteiger charge is 2.08. The van der Waals surface area contributed by atoms with Crippen LogP contribution in [0.3, 0.4) is 0 Å². The van der Waals surface area contributed by atoms with E-state index < -0.39 is 0 Å². The number of alkyl halides is 1. The van der Waals surface area contributed by atoms with E-state index in [0.29, 0.717) is 16.7 Å². The summed E-state index contributed by atoms with van der Waals surface area (Å²) in [5.41, 5.74) is 7.01. The van der Waals surface area contributed by atoms with Crippen LogP contribution in [-0.4, -0.2) is 16.6 Å². The summed E-state index contributed by atoms with van der Waals surface area (Å²) < 4.78 is 5.06. The molecule has 0 aliphatic rings. The van der Waals surface area contributed by atoms with Gasteiger partial charge in [0.2, 0.25) is 0 Å². The first-order valence-electron chi connectivity index (χ1n) is 3.96. The lowest BCUT2D eigenvalue weighted by Crippen LogP contribution is -1.99. The molecule has 0 radical (unpaired) electrons. The second-order valence-corrected chi connectivity index (χ2v) is 3.06. The zero-order valence-corrected chi connectivity index (χ0v) is 7.91. The molecule has 0 amide bonds. The highest BCUT2D eigenvalue weighted by atomic mass is 35.5. The number of nitrogens with two attached hydrogens (primary N) is 1. The zero-order valence-electron chi connectivity index (χ0n) is 7.16. The van der Waals surface area contributed by atoms with Gasteiger partial charge in [0.15, 0.2) is 11.4 Å². The van der Waals surface area contributed by atoms with Gasteiger partial charge in [0.05, 0.1) is 5.88 Å². The highest BCUT2D eigenvalue weighted by Crippen LogP contribution is 2.18. The Labute approximate surface area is 84.7 Å². The van der Waals surface area contributed by atoms with E-state index in [4.69, 9.17) is 21.8 Å². The van der Waals surface area contributed by atoms with Crippen LogP contribution in [0.1, 0.15) is 10.4 Å². The maximum absolute atomic E-state index is 11.2. The Bertz CT molecular complexity index is 493. The van der Waals surface area contributed by atoms with E-state index in [0.717, 1.165) is 0 Å². The summed E-state index contributed by atoms with van der Waals surface area (Å²) in [6.07, 6.45) is 0. The van der Waals surface area contributed by atoms with Crippen LogP contribution in [0.25, 0.3) is 11.1 Å².